The first kappa shape index (κ1) is 20.4. The second kappa shape index (κ2) is 6.33. The van der Waals surface area contributed by atoms with Gasteiger partial charge >= 0.3 is 5.97 Å². The van der Waals surface area contributed by atoms with Gasteiger partial charge in [0.15, 0.2) is 5.78 Å². The summed E-state index contributed by atoms with van der Waals surface area (Å²) in [5.41, 5.74) is -2.45. The number of carbonyl (C=O) groups excluding carboxylic acids is 2. The second-order valence-corrected chi connectivity index (χ2v) is 9.72. The summed E-state index contributed by atoms with van der Waals surface area (Å²) in [5.74, 6) is -3.03. The Bertz CT molecular complexity index is 844. The summed E-state index contributed by atoms with van der Waals surface area (Å²) in [5, 5.41) is 41.4. The van der Waals surface area contributed by atoms with E-state index in [4.69, 9.17) is 5.11 Å². The van der Waals surface area contributed by atoms with Gasteiger partial charge in [0, 0.05) is 16.7 Å². The number of hydrogen-bond donors (Lipinski definition) is 4. The predicted molar refractivity (Wildman–Crippen MR) is 102 cm³/mol. The molecule has 7 nitrogen and oxygen atoms in total. The van der Waals surface area contributed by atoms with Gasteiger partial charge in [-0.2, -0.15) is 0 Å². The van der Waals surface area contributed by atoms with Crippen molar-refractivity contribution in [2.45, 2.75) is 63.8 Å². The maximum absolute atomic E-state index is 12.7. The van der Waals surface area contributed by atoms with Gasteiger partial charge in [-0.3, -0.25) is 9.59 Å². The molecule has 3 fully saturated rings. The largest absolute Gasteiger partial charge is 0.479 e. The number of aliphatic hydroxyl groups is 3. The zero-order chi connectivity index (χ0) is 21.4. The van der Waals surface area contributed by atoms with E-state index in [0.29, 0.717) is 12.8 Å². The molecular weight excluding hydrogens is 376 g/mol. The molecule has 0 heterocycles. The van der Waals surface area contributed by atoms with Crippen molar-refractivity contribution in [3.05, 3.63) is 23.8 Å². The zero-order valence-electron chi connectivity index (χ0n) is 16.7. The van der Waals surface area contributed by atoms with Gasteiger partial charge in [-0.1, -0.05) is 25.5 Å². The van der Waals surface area contributed by atoms with Gasteiger partial charge in [0.2, 0.25) is 11.9 Å². The Hall–Kier alpha value is -1.83. The van der Waals surface area contributed by atoms with Gasteiger partial charge in [0.1, 0.15) is 5.60 Å². The fourth-order valence-corrected chi connectivity index (χ4v) is 7.07. The molecule has 4 aliphatic rings. The van der Waals surface area contributed by atoms with E-state index < -0.39 is 40.4 Å². The molecule has 29 heavy (non-hydrogen) atoms. The van der Waals surface area contributed by atoms with Crippen LogP contribution in [-0.2, 0) is 14.4 Å². The van der Waals surface area contributed by atoms with Crippen LogP contribution in [0.3, 0.4) is 0 Å². The summed E-state index contributed by atoms with van der Waals surface area (Å²) < 4.78 is 0. The first-order valence-electron chi connectivity index (χ1n) is 10.3. The zero-order valence-corrected chi connectivity index (χ0v) is 16.7. The fourth-order valence-electron chi connectivity index (χ4n) is 7.07. The van der Waals surface area contributed by atoms with Crippen LogP contribution in [0.1, 0.15) is 46.0 Å². The average Bonchev–Trinajstić information content (AvgIpc) is 2.92. The Morgan fingerprint density at radius 1 is 1.24 bits per heavy atom. The summed E-state index contributed by atoms with van der Waals surface area (Å²) in [7, 11) is 0. The van der Waals surface area contributed by atoms with Crippen molar-refractivity contribution in [3.8, 4) is 0 Å². The molecule has 4 rings (SSSR count). The highest BCUT2D eigenvalue weighted by Gasteiger charge is 2.69. The number of carbonyl (C=O) groups is 3. The minimum Gasteiger partial charge on any atom is -0.479 e. The van der Waals surface area contributed by atoms with Crippen molar-refractivity contribution >= 4 is 17.5 Å². The number of aliphatic hydroxyl groups excluding tert-OH is 2. The maximum Gasteiger partial charge on any atom is 0.340 e. The van der Waals surface area contributed by atoms with Gasteiger partial charge in [-0.25, -0.2) is 4.79 Å². The molecule has 0 bridgehead atoms. The number of aliphatic carboxylic acids is 1. The fraction of sp³-hybridized carbons (Fsp3) is 0.682. The van der Waals surface area contributed by atoms with E-state index in [2.05, 4.69) is 0 Å². The predicted octanol–water partition coefficient (Wildman–Crippen LogP) is 1.01. The first-order valence-corrected chi connectivity index (χ1v) is 10.3. The van der Waals surface area contributed by atoms with Gasteiger partial charge in [-0.05, 0) is 56.1 Å². The number of carboxylic acids is 1. The van der Waals surface area contributed by atoms with E-state index in [1.165, 1.54) is 0 Å². The molecule has 7 heteroatoms. The number of allylic oxidation sites excluding steroid dienone is 4. The lowest BCUT2D eigenvalue weighted by Gasteiger charge is -2.59. The Balaban J connectivity index is 1.72. The lowest BCUT2D eigenvalue weighted by atomic mass is 9.46. The number of hydrogen-bond acceptors (Lipinski definition) is 6. The molecule has 158 valence electrons. The monoisotopic (exact) mass is 404 g/mol. The Kier molecular flexibility index (Phi) is 4.46. The smallest absolute Gasteiger partial charge is 0.340 e. The number of rotatable bonds is 3. The summed E-state index contributed by atoms with van der Waals surface area (Å²) in [6.45, 7) is 3.77. The van der Waals surface area contributed by atoms with Crippen molar-refractivity contribution in [2.75, 3.05) is 0 Å². The highest BCUT2D eigenvalue weighted by molar-refractivity contribution is 6.06. The molecule has 0 aromatic carbocycles. The Morgan fingerprint density at radius 2 is 1.93 bits per heavy atom. The molecule has 0 aliphatic heterocycles. The average molecular weight is 404 g/mol. The van der Waals surface area contributed by atoms with Crippen LogP contribution in [0.2, 0.25) is 0 Å². The van der Waals surface area contributed by atoms with Crippen LogP contribution in [0, 0.1) is 28.6 Å². The van der Waals surface area contributed by atoms with Gasteiger partial charge in [0.05, 0.1) is 6.10 Å². The molecule has 3 saturated carbocycles. The molecule has 8 atom stereocenters. The SMILES string of the molecule is C[C@]12C=CC(=O)C=C1CC[C@@H]1[C@@H]2[C@@H](O)C[C@@]2(C)[C@H]1CC[C@]2(O)C(=O)C(O)C(=O)O. The van der Waals surface area contributed by atoms with E-state index in [-0.39, 0.29) is 36.4 Å². The van der Waals surface area contributed by atoms with Crippen molar-refractivity contribution in [1.82, 2.24) is 0 Å². The third kappa shape index (κ3) is 2.57. The van der Waals surface area contributed by atoms with E-state index in [0.717, 1.165) is 12.0 Å². The van der Waals surface area contributed by atoms with Gasteiger partial charge < -0.3 is 20.4 Å². The molecule has 0 saturated heterocycles. The van der Waals surface area contributed by atoms with Crippen LogP contribution in [0.15, 0.2) is 23.8 Å². The van der Waals surface area contributed by atoms with Crippen molar-refractivity contribution in [2.24, 2.45) is 28.6 Å². The molecule has 0 radical (unpaired) electrons. The molecule has 0 amide bonds. The Morgan fingerprint density at radius 3 is 2.59 bits per heavy atom. The number of fused-ring (bicyclic) bond motifs is 5. The molecule has 1 unspecified atom stereocenters. The van der Waals surface area contributed by atoms with Gasteiger partial charge in [0.25, 0.3) is 0 Å². The van der Waals surface area contributed by atoms with E-state index in [1.807, 2.05) is 13.0 Å². The number of carboxylic acid groups (broad SMARTS) is 1. The summed E-state index contributed by atoms with van der Waals surface area (Å²) in [6, 6.07) is 0. The molecule has 0 aromatic heterocycles. The molecule has 0 aromatic rings. The van der Waals surface area contributed by atoms with Crippen molar-refractivity contribution in [3.63, 3.8) is 0 Å². The molecule has 4 aliphatic carbocycles. The third-order valence-electron chi connectivity index (χ3n) is 8.54. The van der Waals surface area contributed by atoms with E-state index >= 15 is 0 Å². The molecule has 4 N–H and O–H groups in total. The van der Waals surface area contributed by atoms with Crippen LogP contribution < -0.4 is 0 Å². The first-order chi connectivity index (χ1) is 13.5. The summed E-state index contributed by atoms with van der Waals surface area (Å²) >= 11 is 0. The number of Topliss-reactive ketones (excluding diaryl/α,β-unsaturated/α-hetero) is 1. The summed E-state index contributed by atoms with van der Waals surface area (Å²) in [4.78, 5) is 35.7. The van der Waals surface area contributed by atoms with Gasteiger partial charge in [-0.15, -0.1) is 0 Å². The maximum atomic E-state index is 12.7. The van der Waals surface area contributed by atoms with Crippen molar-refractivity contribution < 1.29 is 34.8 Å². The minimum atomic E-state index is -2.28. The normalized spacial score (nSPS) is 46.9. The van der Waals surface area contributed by atoms with Crippen LogP contribution in [0.4, 0.5) is 0 Å². The van der Waals surface area contributed by atoms with Crippen LogP contribution in [0.25, 0.3) is 0 Å². The third-order valence-corrected chi connectivity index (χ3v) is 8.54. The van der Waals surface area contributed by atoms with Crippen LogP contribution >= 0.6 is 0 Å². The highest BCUT2D eigenvalue weighted by Crippen LogP contribution is 2.67. The lowest BCUT2D eigenvalue weighted by molar-refractivity contribution is -0.185. The highest BCUT2D eigenvalue weighted by atomic mass is 16.4. The van der Waals surface area contributed by atoms with Crippen LogP contribution in [0.5, 0.6) is 0 Å². The van der Waals surface area contributed by atoms with Crippen molar-refractivity contribution in [1.29, 1.82) is 0 Å². The topological polar surface area (TPSA) is 132 Å². The minimum absolute atomic E-state index is 0.0209. The second-order valence-electron chi connectivity index (χ2n) is 9.72. The molecule has 0 spiro atoms. The standard InChI is InChI=1S/C22H28O7/c1-20-7-5-12(23)9-11(20)3-4-13-14-6-8-22(29,18(26)17(25)19(27)28)21(14,2)10-15(24)16(13)20/h5,7,9,13-17,24-25,29H,3-4,6,8,10H2,1-2H3,(H,27,28)/t13-,14-,15-,16+,17?,20-,21-,22-/m0/s1. The summed E-state index contributed by atoms with van der Waals surface area (Å²) in [6.07, 6.45) is 4.15. The van der Waals surface area contributed by atoms with E-state index in [1.54, 1.807) is 19.1 Å². The quantitative estimate of drug-likeness (QED) is 0.516. The van der Waals surface area contributed by atoms with Crippen LogP contribution in [-0.4, -0.2) is 55.8 Å². The Labute approximate surface area is 169 Å². The molecular formula is C22H28O7. The van der Waals surface area contributed by atoms with E-state index in [9.17, 15) is 29.7 Å². The number of ketones is 2. The lowest BCUT2D eigenvalue weighted by Crippen LogP contribution is -2.63.